The first-order valence-electron chi connectivity index (χ1n) is 4.97. The van der Waals surface area contributed by atoms with E-state index in [1.807, 2.05) is 6.92 Å². The third-order valence-electron chi connectivity index (χ3n) is 2.32. The summed E-state index contributed by atoms with van der Waals surface area (Å²) >= 11 is 5.77. The van der Waals surface area contributed by atoms with E-state index >= 15 is 0 Å². The second-order valence-corrected chi connectivity index (χ2v) is 5.91. The first kappa shape index (κ1) is 13.6. The van der Waals surface area contributed by atoms with Crippen molar-refractivity contribution in [3.8, 4) is 0 Å². The Hall–Kier alpha value is -0.450. The summed E-state index contributed by atoms with van der Waals surface area (Å²) in [5, 5.41) is 3.64. The zero-order chi connectivity index (χ0) is 12.1. The maximum Gasteiger partial charge on any atom is 0.127 e. The number of hydrogen-bond acceptors (Lipinski definition) is 2. The number of halogens is 2. The van der Waals surface area contributed by atoms with E-state index in [1.54, 1.807) is 12.3 Å². The molecule has 90 valence electrons. The van der Waals surface area contributed by atoms with Crippen molar-refractivity contribution in [2.24, 2.45) is 0 Å². The average molecular weight is 264 g/mol. The highest BCUT2D eigenvalue weighted by Crippen LogP contribution is 2.14. The lowest BCUT2D eigenvalue weighted by Crippen LogP contribution is -2.27. The molecule has 1 aromatic carbocycles. The van der Waals surface area contributed by atoms with Crippen molar-refractivity contribution in [2.45, 2.75) is 18.7 Å². The Kier molecular flexibility index (Phi) is 5.38. The van der Waals surface area contributed by atoms with E-state index in [0.717, 1.165) is 0 Å². The molecule has 0 fully saturated rings. The van der Waals surface area contributed by atoms with Crippen LogP contribution in [0, 0.1) is 5.82 Å². The van der Waals surface area contributed by atoms with Gasteiger partial charge in [-0.25, -0.2) is 4.39 Å². The zero-order valence-electron chi connectivity index (χ0n) is 9.30. The van der Waals surface area contributed by atoms with Gasteiger partial charge in [0.2, 0.25) is 0 Å². The molecule has 0 bridgehead atoms. The Morgan fingerprint density at radius 2 is 2.25 bits per heavy atom. The van der Waals surface area contributed by atoms with Gasteiger partial charge in [-0.15, -0.1) is 0 Å². The Labute approximate surface area is 103 Å². The van der Waals surface area contributed by atoms with Crippen molar-refractivity contribution >= 4 is 22.4 Å². The molecule has 2 unspecified atom stereocenters. The van der Waals surface area contributed by atoms with Gasteiger partial charge in [-0.05, 0) is 25.1 Å². The summed E-state index contributed by atoms with van der Waals surface area (Å²) in [4.78, 5) is 0. The lowest BCUT2D eigenvalue weighted by molar-refractivity contribution is 0.585. The highest BCUT2D eigenvalue weighted by atomic mass is 35.5. The molecule has 0 amide bonds. The molecule has 1 aromatic rings. The van der Waals surface area contributed by atoms with Crippen LogP contribution >= 0.6 is 11.6 Å². The van der Waals surface area contributed by atoms with Crippen LogP contribution in [0.1, 0.15) is 12.5 Å². The Bertz CT molecular complexity index is 386. The largest absolute Gasteiger partial charge is 0.311 e. The van der Waals surface area contributed by atoms with Gasteiger partial charge >= 0.3 is 0 Å². The van der Waals surface area contributed by atoms with Crippen LogP contribution in [0.5, 0.6) is 0 Å². The second kappa shape index (κ2) is 6.33. The van der Waals surface area contributed by atoms with E-state index in [0.29, 0.717) is 23.7 Å². The second-order valence-electron chi connectivity index (χ2n) is 3.68. The summed E-state index contributed by atoms with van der Waals surface area (Å²) in [5.74, 6) is -0.276. The minimum absolute atomic E-state index is 0.0576. The lowest BCUT2D eigenvalue weighted by Gasteiger charge is -2.10. The fraction of sp³-hybridized carbons (Fsp3) is 0.455. The van der Waals surface area contributed by atoms with Crippen molar-refractivity contribution in [2.75, 3.05) is 12.8 Å². The number of hydrogen-bond donors (Lipinski definition) is 1. The van der Waals surface area contributed by atoms with Crippen LogP contribution in [-0.2, 0) is 17.3 Å². The maximum absolute atomic E-state index is 13.3. The molecule has 0 aliphatic carbocycles. The minimum atomic E-state index is -0.860. The van der Waals surface area contributed by atoms with Gasteiger partial charge < -0.3 is 5.32 Å². The van der Waals surface area contributed by atoms with E-state index in [4.69, 9.17) is 11.6 Å². The van der Waals surface area contributed by atoms with Crippen LogP contribution < -0.4 is 5.32 Å². The summed E-state index contributed by atoms with van der Waals surface area (Å²) in [6, 6.07) is 4.46. The summed E-state index contributed by atoms with van der Waals surface area (Å²) in [5.41, 5.74) is 0.529. The van der Waals surface area contributed by atoms with Crippen molar-refractivity contribution in [3.05, 3.63) is 34.6 Å². The van der Waals surface area contributed by atoms with Crippen molar-refractivity contribution in [1.82, 2.24) is 5.32 Å². The van der Waals surface area contributed by atoms with Crippen LogP contribution in [0.2, 0.25) is 5.02 Å². The summed E-state index contributed by atoms with van der Waals surface area (Å²) in [7, 11) is -0.860. The van der Waals surface area contributed by atoms with E-state index in [2.05, 4.69) is 5.32 Å². The van der Waals surface area contributed by atoms with Crippen LogP contribution in [0.4, 0.5) is 4.39 Å². The van der Waals surface area contributed by atoms with E-state index in [9.17, 15) is 8.60 Å². The molecule has 1 N–H and O–H groups in total. The van der Waals surface area contributed by atoms with E-state index in [-0.39, 0.29) is 11.1 Å². The van der Waals surface area contributed by atoms with Crippen LogP contribution in [0.15, 0.2) is 18.2 Å². The predicted octanol–water partition coefficient (Wildman–Crippen LogP) is 2.34. The SMILES string of the molecule is CC(CNCc1cc(Cl)ccc1F)S(C)=O. The molecule has 0 saturated carbocycles. The summed E-state index contributed by atoms with van der Waals surface area (Å²) < 4.78 is 24.4. The average Bonchev–Trinajstić information content (AvgIpc) is 2.22. The van der Waals surface area contributed by atoms with Gasteiger partial charge in [-0.3, -0.25) is 4.21 Å². The zero-order valence-corrected chi connectivity index (χ0v) is 10.9. The third-order valence-corrected chi connectivity index (χ3v) is 3.86. The van der Waals surface area contributed by atoms with Gasteiger partial charge in [0.25, 0.3) is 0 Å². The molecule has 0 heterocycles. The molecule has 0 radical (unpaired) electrons. The first-order valence-corrected chi connectivity index (χ1v) is 6.97. The smallest absolute Gasteiger partial charge is 0.127 e. The summed E-state index contributed by atoms with van der Waals surface area (Å²) in [6.07, 6.45) is 1.66. The molecule has 16 heavy (non-hydrogen) atoms. The third kappa shape index (κ3) is 4.20. The summed E-state index contributed by atoms with van der Waals surface area (Å²) in [6.45, 7) is 2.88. The number of rotatable bonds is 5. The lowest BCUT2D eigenvalue weighted by atomic mass is 10.2. The Morgan fingerprint density at radius 1 is 1.56 bits per heavy atom. The van der Waals surface area contributed by atoms with E-state index < -0.39 is 10.8 Å². The van der Waals surface area contributed by atoms with E-state index in [1.165, 1.54) is 12.1 Å². The number of nitrogens with one attached hydrogen (secondary N) is 1. The highest BCUT2D eigenvalue weighted by molar-refractivity contribution is 7.84. The van der Waals surface area contributed by atoms with Gasteiger partial charge in [-0.2, -0.15) is 0 Å². The molecule has 0 aliphatic heterocycles. The fourth-order valence-corrected chi connectivity index (χ4v) is 1.75. The molecule has 0 saturated heterocycles. The predicted molar refractivity (Wildman–Crippen MR) is 66.6 cm³/mol. The van der Waals surface area contributed by atoms with Gasteiger partial charge in [0, 0.05) is 46.0 Å². The molecule has 0 aromatic heterocycles. The topological polar surface area (TPSA) is 29.1 Å². The number of benzene rings is 1. The molecular weight excluding hydrogens is 249 g/mol. The standard InChI is InChI=1S/C11H15ClFNOS/c1-8(16(2)15)6-14-7-9-5-10(12)3-4-11(9)13/h3-5,8,14H,6-7H2,1-2H3. The highest BCUT2D eigenvalue weighted by Gasteiger charge is 2.07. The van der Waals surface area contributed by atoms with Crippen molar-refractivity contribution in [1.29, 1.82) is 0 Å². The van der Waals surface area contributed by atoms with Gasteiger partial charge in [0.05, 0.1) is 0 Å². The fourth-order valence-electron chi connectivity index (χ4n) is 1.21. The first-order chi connectivity index (χ1) is 7.50. The molecule has 2 nitrogen and oxygen atoms in total. The molecule has 0 aliphatic rings. The van der Waals surface area contributed by atoms with Gasteiger partial charge in [-0.1, -0.05) is 11.6 Å². The quantitative estimate of drug-likeness (QED) is 0.884. The molecule has 0 spiro atoms. The monoisotopic (exact) mass is 263 g/mol. The maximum atomic E-state index is 13.3. The normalized spacial score (nSPS) is 14.8. The van der Waals surface area contributed by atoms with Crippen molar-refractivity contribution in [3.63, 3.8) is 0 Å². The van der Waals surface area contributed by atoms with Crippen LogP contribution in [-0.4, -0.2) is 22.3 Å². The molecular formula is C11H15ClFNOS. The van der Waals surface area contributed by atoms with Crippen molar-refractivity contribution < 1.29 is 8.60 Å². The van der Waals surface area contributed by atoms with Crippen LogP contribution in [0.3, 0.4) is 0 Å². The minimum Gasteiger partial charge on any atom is -0.311 e. The Balaban J connectivity index is 2.48. The molecule has 5 heteroatoms. The van der Waals surface area contributed by atoms with Gasteiger partial charge in [0.1, 0.15) is 5.82 Å². The van der Waals surface area contributed by atoms with Gasteiger partial charge in [0.15, 0.2) is 0 Å². The van der Waals surface area contributed by atoms with Crippen LogP contribution in [0.25, 0.3) is 0 Å². The molecule has 1 rings (SSSR count). The molecule has 2 atom stereocenters. The Morgan fingerprint density at radius 3 is 2.88 bits per heavy atom.